The first-order chi connectivity index (χ1) is 14.4. The second kappa shape index (κ2) is 7.52. The van der Waals surface area contributed by atoms with E-state index in [2.05, 4.69) is 15.5 Å². The number of nitrogens with zero attached hydrogens (tertiary/aromatic N) is 1. The number of benzene rings is 1. The quantitative estimate of drug-likeness (QED) is 0.529. The highest BCUT2D eigenvalue weighted by molar-refractivity contribution is 7.18. The Morgan fingerprint density at radius 3 is 2.73 bits per heavy atom. The normalized spacial score (nSPS) is 11.9. The number of thiophene rings is 1. The number of nitrogens with one attached hydrogen (secondary N) is 2. The van der Waals surface area contributed by atoms with Crippen LogP contribution >= 0.6 is 11.3 Å². The number of H-pyrrole nitrogens is 1. The Morgan fingerprint density at radius 2 is 2.00 bits per heavy atom. The molecule has 2 aromatic heterocycles. The van der Waals surface area contributed by atoms with Gasteiger partial charge in [-0.1, -0.05) is 0 Å². The van der Waals surface area contributed by atoms with Crippen LogP contribution in [-0.2, 0) is 4.74 Å². The van der Waals surface area contributed by atoms with E-state index in [0.717, 1.165) is 16.9 Å². The number of hydrogen-bond donors (Lipinski definition) is 3. The van der Waals surface area contributed by atoms with Crippen LogP contribution in [0.1, 0.15) is 36.1 Å². The molecule has 10 nitrogen and oxygen atoms in total. The Kier molecular flexibility index (Phi) is 4.88. The lowest BCUT2D eigenvalue weighted by molar-refractivity contribution is 0.0601. The third-order valence-electron chi connectivity index (χ3n) is 4.48. The summed E-state index contributed by atoms with van der Waals surface area (Å²) in [6.07, 6.45) is 0. The molecule has 30 heavy (non-hydrogen) atoms. The standard InChI is InChI=1S/C19H16N4O6S/c1-8-14(19(26)27-2)18(30-15(8)16(20)24)21-17(25)11-6-10(22-23-11)9-3-4-12-13(5-9)29-7-28-12/h3-6H,7H2,1-2H3,(H2,20,24)(H,21,25)(H,22,23). The van der Waals surface area contributed by atoms with E-state index in [9.17, 15) is 14.4 Å². The van der Waals surface area contributed by atoms with Crippen molar-refractivity contribution < 1.29 is 28.6 Å². The molecule has 11 heteroatoms. The Hall–Kier alpha value is -3.86. The van der Waals surface area contributed by atoms with Gasteiger partial charge in [-0.15, -0.1) is 11.3 Å². The molecule has 4 N–H and O–H groups in total. The molecule has 4 rings (SSSR count). The van der Waals surface area contributed by atoms with E-state index in [4.69, 9.17) is 19.9 Å². The van der Waals surface area contributed by atoms with Gasteiger partial charge >= 0.3 is 5.97 Å². The van der Waals surface area contributed by atoms with Crippen molar-refractivity contribution in [1.29, 1.82) is 0 Å². The first kappa shape index (κ1) is 19.5. The van der Waals surface area contributed by atoms with Gasteiger partial charge in [-0.05, 0) is 36.8 Å². The number of carbonyl (C=O) groups is 3. The topological polar surface area (TPSA) is 146 Å². The van der Waals surface area contributed by atoms with Gasteiger partial charge in [0.15, 0.2) is 11.5 Å². The third kappa shape index (κ3) is 3.35. The molecule has 2 amide bonds. The fourth-order valence-corrected chi connectivity index (χ4v) is 4.04. The Balaban J connectivity index is 1.60. The molecule has 0 bridgehead atoms. The molecule has 0 radical (unpaired) electrons. The van der Waals surface area contributed by atoms with Gasteiger partial charge in [0, 0.05) is 5.56 Å². The van der Waals surface area contributed by atoms with Gasteiger partial charge in [0.25, 0.3) is 11.8 Å². The fourth-order valence-electron chi connectivity index (χ4n) is 3.00. The number of primary amides is 1. The van der Waals surface area contributed by atoms with Gasteiger partial charge in [0.1, 0.15) is 10.7 Å². The smallest absolute Gasteiger partial charge is 0.341 e. The van der Waals surface area contributed by atoms with E-state index in [1.54, 1.807) is 31.2 Å². The minimum Gasteiger partial charge on any atom is -0.465 e. The number of methoxy groups -OCH3 is 1. The van der Waals surface area contributed by atoms with Crippen LogP contribution in [0.4, 0.5) is 5.00 Å². The maximum atomic E-state index is 12.7. The lowest BCUT2D eigenvalue weighted by Crippen LogP contribution is -2.14. The van der Waals surface area contributed by atoms with Gasteiger partial charge < -0.3 is 25.3 Å². The van der Waals surface area contributed by atoms with Crippen LogP contribution in [0.15, 0.2) is 24.3 Å². The van der Waals surface area contributed by atoms with Gasteiger partial charge in [0.05, 0.1) is 23.2 Å². The lowest BCUT2D eigenvalue weighted by atomic mass is 10.1. The number of anilines is 1. The average molecular weight is 428 g/mol. The number of aromatic amines is 1. The monoisotopic (exact) mass is 428 g/mol. The van der Waals surface area contributed by atoms with E-state index in [1.807, 2.05) is 0 Å². The molecule has 0 unspecified atom stereocenters. The van der Waals surface area contributed by atoms with E-state index in [0.29, 0.717) is 22.8 Å². The average Bonchev–Trinajstić information content (AvgIpc) is 3.45. The number of aromatic nitrogens is 2. The fraction of sp³-hybridized carbons (Fsp3) is 0.158. The van der Waals surface area contributed by atoms with E-state index >= 15 is 0 Å². The van der Waals surface area contributed by atoms with Gasteiger partial charge in [-0.3, -0.25) is 14.7 Å². The van der Waals surface area contributed by atoms with Crippen molar-refractivity contribution in [2.45, 2.75) is 6.92 Å². The minimum atomic E-state index is -0.699. The summed E-state index contributed by atoms with van der Waals surface area (Å²) in [7, 11) is 1.21. The maximum Gasteiger partial charge on any atom is 0.341 e. The summed E-state index contributed by atoms with van der Waals surface area (Å²) in [6.45, 7) is 1.72. The zero-order valence-corrected chi connectivity index (χ0v) is 16.7. The molecule has 0 aliphatic carbocycles. The first-order valence-corrected chi connectivity index (χ1v) is 9.49. The number of esters is 1. The van der Waals surface area contributed by atoms with Crippen molar-refractivity contribution in [3.05, 3.63) is 46.0 Å². The largest absolute Gasteiger partial charge is 0.465 e. The Bertz CT molecular complexity index is 1180. The van der Waals surface area contributed by atoms with Crippen LogP contribution in [-0.4, -0.2) is 41.9 Å². The molecular weight excluding hydrogens is 412 g/mol. The van der Waals surface area contributed by atoms with E-state index in [1.165, 1.54) is 7.11 Å². The zero-order chi connectivity index (χ0) is 21.4. The third-order valence-corrected chi connectivity index (χ3v) is 5.70. The summed E-state index contributed by atoms with van der Waals surface area (Å²) in [6, 6.07) is 6.87. The minimum absolute atomic E-state index is 0.0835. The van der Waals surface area contributed by atoms with Crippen molar-refractivity contribution in [2.75, 3.05) is 19.2 Å². The number of carbonyl (C=O) groups excluding carboxylic acids is 3. The highest BCUT2D eigenvalue weighted by Gasteiger charge is 2.26. The van der Waals surface area contributed by atoms with Crippen molar-refractivity contribution in [1.82, 2.24) is 10.2 Å². The molecule has 0 saturated carbocycles. The number of amides is 2. The van der Waals surface area contributed by atoms with E-state index in [-0.39, 0.29) is 27.9 Å². The number of rotatable bonds is 5. The Labute approximate surface area is 173 Å². The maximum absolute atomic E-state index is 12.7. The molecule has 0 spiro atoms. The summed E-state index contributed by atoms with van der Waals surface area (Å²) in [4.78, 5) is 36.6. The molecule has 0 atom stereocenters. The van der Waals surface area contributed by atoms with Crippen LogP contribution in [0.25, 0.3) is 11.3 Å². The molecule has 1 aliphatic rings. The van der Waals surface area contributed by atoms with Crippen molar-refractivity contribution in [2.24, 2.45) is 5.73 Å². The van der Waals surface area contributed by atoms with Gasteiger partial charge in [-0.2, -0.15) is 5.10 Å². The number of hydrogen-bond acceptors (Lipinski definition) is 8. The van der Waals surface area contributed by atoms with Crippen LogP contribution in [0.2, 0.25) is 0 Å². The van der Waals surface area contributed by atoms with E-state index < -0.39 is 17.8 Å². The predicted octanol–water partition coefficient (Wildman–Crippen LogP) is 2.31. The van der Waals surface area contributed by atoms with Crippen LogP contribution in [0.3, 0.4) is 0 Å². The van der Waals surface area contributed by atoms with Gasteiger partial charge in [-0.25, -0.2) is 4.79 Å². The SMILES string of the molecule is COC(=O)c1c(NC(=O)c2cc(-c3ccc4c(c3)OCO4)n[nH]2)sc(C(N)=O)c1C. The lowest BCUT2D eigenvalue weighted by Gasteiger charge is -2.04. The molecule has 0 saturated heterocycles. The summed E-state index contributed by atoms with van der Waals surface area (Å²) in [5.74, 6) is -0.693. The highest BCUT2D eigenvalue weighted by atomic mass is 32.1. The number of ether oxygens (including phenoxy) is 3. The number of nitrogens with two attached hydrogens (primary N) is 1. The second-order valence-electron chi connectivity index (χ2n) is 6.31. The molecule has 1 aliphatic heterocycles. The zero-order valence-electron chi connectivity index (χ0n) is 15.9. The van der Waals surface area contributed by atoms with Crippen LogP contribution < -0.4 is 20.5 Å². The van der Waals surface area contributed by atoms with Crippen LogP contribution in [0, 0.1) is 6.92 Å². The molecule has 0 fully saturated rings. The van der Waals surface area contributed by atoms with Crippen molar-refractivity contribution in [3.8, 4) is 22.8 Å². The Morgan fingerprint density at radius 1 is 1.23 bits per heavy atom. The molecule has 3 aromatic rings. The summed E-state index contributed by atoms with van der Waals surface area (Å²) < 4.78 is 15.4. The molecule has 3 heterocycles. The molecular formula is C19H16N4O6S. The first-order valence-electron chi connectivity index (χ1n) is 8.67. The summed E-state index contributed by atoms with van der Waals surface area (Å²) in [5.41, 5.74) is 7.20. The van der Waals surface area contributed by atoms with Gasteiger partial charge in [0.2, 0.25) is 6.79 Å². The predicted molar refractivity (Wildman–Crippen MR) is 107 cm³/mol. The molecule has 154 valence electrons. The highest BCUT2D eigenvalue weighted by Crippen LogP contribution is 2.36. The second-order valence-corrected chi connectivity index (χ2v) is 7.33. The van der Waals surface area contributed by atoms with Crippen LogP contribution in [0.5, 0.6) is 11.5 Å². The summed E-state index contributed by atoms with van der Waals surface area (Å²) in [5, 5.41) is 9.60. The van der Waals surface area contributed by atoms with Crippen molar-refractivity contribution in [3.63, 3.8) is 0 Å². The summed E-state index contributed by atoms with van der Waals surface area (Å²) >= 11 is 0.906. The van der Waals surface area contributed by atoms with Crippen molar-refractivity contribution >= 4 is 34.1 Å². The number of fused-ring (bicyclic) bond motifs is 1. The molecule has 1 aromatic carbocycles.